The van der Waals surface area contributed by atoms with E-state index < -0.39 is 15.4 Å². The molecule has 2 aliphatic rings. The molecule has 31 heavy (non-hydrogen) atoms. The summed E-state index contributed by atoms with van der Waals surface area (Å²) in [4.78, 5) is 15.9. The first kappa shape index (κ1) is 21.8. The van der Waals surface area contributed by atoms with Crippen LogP contribution in [0.15, 0.2) is 48.5 Å². The molecule has 0 bridgehead atoms. The van der Waals surface area contributed by atoms with Gasteiger partial charge in [-0.05, 0) is 68.5 Å². The van der Waals surface area contributed by atoms with Gasteiger partial charge < -0.3 is 10.2 Å². The lowest BCUT2D eigenvalue weighted by Crippen LogP contribution is -2.41. The zero-order chi connectivity index (χ0) is 22.1. The van der Waals surface area contributed by atoms with Gasteiger partial charge in [0.2, 0.25) is 15.9 Å². The summed E-state index contributed by atoms with van der Waals surface area (Å²) in [5.74, 6) is 0.0229. The summed E-state index contributed by atoms with van der Waals surface area (Å²) >= 11 is 0. The highest BCUT2D eigenvalue weighted by molar-refractivity contribution is 7.92. The minimum atomic E-state index is -3.39. The average Bonchev–Trinajstić information content (AvgIpc) is 3.39. The molecule has 1 saturated heterocycles. The summed E-state index contributed by atoms with van der Waals surface area (Å²) in [6, 6.07) is 15.7. The van der Waals surface area contributed by atoms with Crippen molar-refractivity contribution in [1.29, 1.82) is 0 Å². The Morgan fingerprint density at radius 2 is 1.77 bits per heavy atom. The predicted molar refractivity (Wildman–Crippen MR) is 124 cm³/mol. The molecule has 1 aliphatic heterocycles. The van der Waals surface area contributed by atoms with Crippen LogP contribution in [0.25, 0.3) is 0 Å². The highest BCUT2D eigenvalue weighted by Gasteiger charge is 2.52. The van der Waals surface area contributed by atoms with Crippen molar-refractivity contribution in [3.8, 4) is 0 Å². The summed E-state index contributed by atoms with van der Waals surface area (Å²) in [5.41, 5.74) is 2.77. The second-order valence-electron chi connectivity index (χ2n) is 8.93. The summed E-state index contributed by atoms with van der Waals surface area (Å²) in [7, 11) is -3.39. The SMILES string of the molecule is Cc1ccc(C2(C(=O)NC(CN3CCCC3)c3ccccc3)CC2)cc1NS(C)(=O)=O. The zero-order valence-corrected chi connectivity index (χ0v) is 19.0. The average molecular weight is 442 g/mol. The van der Waals surface area contributed by atoms with Gasteiger partial charge in [-0.1, -0.05) is 42.5 Å². The highest BCUT2D eigenvalue weighted by Crippen LogP contribution is 2.49. The summed E-state index contributed by atoms with van der Waals surface area (Å²) < 4.78 is 26.0. The normalized spacial score (nSPS) is 19.0. The van der Waals surface area contributed by atoms with Crippen molar-refractivity contribution in [1.82, 2.24) is 10.2 Å². The van der Waals surface area contributed by atoms with Gasteiger partial charge in [0.1, 0.15) is 0 Å². The fraction of sp³-hybridized carbons (Fsp3) is 0.458. The van der Waals surface area contributed by atoms with Crippen LogP contribution in [-0.2, 0) is 20.2 Å². The fourth-order valence-electron chi connectivity index (χ4n) is 4.44. The molecule has 1 saturated carbocycles. The molecule has 2 aromatic rings. The van der Waals surface area contributed by atoms with E-state index in [9.17, 15) is 13.2 Å². The van der Waals surface area contributed by atoms with Crippen LogP contribution in [0.3, 0.4) is 0 Å². The Bertz CT molecular complexity index is 1040. The van der Waals surface area contributed by atoms with Gasteiger partial charge in [-0.15, -0.1) is 0 Å². The van der Waals surface area contributed by atoms with Gasteiger partial charge in [0.15, 0.2) is 0 Å². The number of nitrogens with zero attached hydrogens (tertiary/aromatic N) is 1. The van der Waals surface area contributed by atoms with Crippen molar-refractivity contribution < 1.29 is 13.2 Å². The van der Waals surface area contributed by atoms with Crippen LogP contribution < -0.4 is 10.0 Å². The molecule has 2 fully saturated rings. The number of benzene rings is 2. The van der Waals surface area contributed by atoms with Gasteiger partial charge in [-0.25, -0.2) is 8.42 Å². The Balaban J connectivity index is 1.56. The molecule has 6 nitrogen and oxygen atoms in total. The van der Waals surface area contributed by atoms with Gasteiger partial charge in [0, 0.05) is 6.54 Å². The maximum absolute atomic E-state index is 13.5. The molecule has 0 spiro atoms. The van der Waals surface area contributed by atoms with E-state index in [1.54, 1.807) is 0 Å². The van der Waals surface area contributed by atoms with Gasteiger partial charge >= 0.3 is 0 Å². The highest BCUT2D eigenvalue weighted by atomic mass is 32.2. The minimum absolute atomic E-state index is 0.0229. The van der Waals surface area contributed by atoms with Gasteiger partial charge in [0.05, 0.1) is 23.4 Å². The minimum Gasteiger partial charge on any atom is -0.347 e. The van der Waals surface area contributed by atoms with Crippen LogP contribution in [0.5, 0.6) is 0 Å². The largest absolute Gasteiger partial charge is 0.347 e. The molecular formula is C24H31N3O3S. The van der Waals surface area contributed by atoms with Crippen LogP contribution in [0.1, 0.15) is 48.4 Å². The molecule has 1 amide bonds. The van der Waals surface area contributed by atoms with E-state index in [1.165, 1.54) is 12.8 Å². The molecule has 166 valence electrons. The molecule has 4 rings (SSSR count). The molecule has 2 N–H and O–H groups in total. The predicted octanol–water partition coefficient (Wildman–Crippen LogP) is 3.35. The van der Waals surface area contributed by atoms with E-state index in [0.717, 1.165) is 55.4 Å². The topological polar surface area (TPSA) is 78.5 Å². The number of amides is 1. The van der Waals surface area contributed by atoms with Crippen LogP contribution in [0.4, 0.5) is 5.69 Å². The van der Waals surface area contributed by atoms with Gasteiger partial charge in [-0.3, -0.25) is 9.52 Å². The number of rotatable bonds is 8. The number of sulfonamides is 1. The molecule has 2 aromatic carbocycles. The molecular weight excluding hydrogens is 410 g/mol. The van der Waals surface area contributed by atoms with Crippen molar-refractivity contribution in [3.05, 3.63) is 65.2 Å². The van der Waals surface area contributed by atoms with E-state index in [0.29, 0.717) is 5.69 Å². The van der Waals surface area contributed by atoms with Crippen molar-refractivity contribution in [2.75, 3.05) is 30.6 Å². The number of hydrogen-bond acceptors (Lipinski definition) is 4. The smallest absolute Gasteiger partial charge is 0.231 e. The Morgan fingerprint density at radius 1 is 1.10 bits per heavy atom. The van der Waals surface area contributed by atoms with Gasteiger partial charge in [0.25, 0.3) is 0 Å². The molecule has 1 unspecified atom stereocenters. The van der Waals surface area contributed by atoms with E-state index >= 15 is 0 Å². The van der Waals surface area contributed by atoms with E-state index in [4.69, 9.17) is 0 Å². The maximum atomic E-state index is 13.5. The fourth-order valence-corrected chi connectivity index (χ4v) is 5.06. The molecule has 1 atom stereocenters. The molecule has 0 aromatic heterocycles. The Kier molecular flexibility index (Phi) is 6.08. The maximum Gasteiger partial charge on any atom is 0.231 e. The molecule has 1 heterocycles. The third-order valence-electron chi connectivity index (χ3n) is 6.42. The lowest BCUT2D eigenvalue weighted by Gasteiger charge is -2.27. The van der Waals surface area contributed by atoms with E-state index in [2.05, 4.69) is 27.1 Å². The van der Waals surface area contributed by atoms with Crippen molar-refractivity contribution in [3.63, 3.8) is 0 Å². The van der Waals surface area contributed by atoms with Gasteiger partial charge in [-0.2, -0.15) is 0 Å². The van der Waals surface area contributed by atoms with Crippen molar-refractivity contribution >= 4 is 21.6 Å². The summed E-state index contributed by atoms with van der Waals surface area (Å²) in [6.45, 7) is 4.81. The first-order valence-corrected chi connectivity index (χ1v) is 12.8. The van der Waals surface area contributed by atoms with Crippen LogP contribution in [-0.4, -0.2) is 45.1 Å². The Morgan fingerprint density at radius 3 is 2.39 bits per heavy atom. The van der Waals surface area contributed by atoms with E-state index in [-0.39, 0.29) is 11.9 Å². The number of nitrogens with one attached hydrogen (secondary N) is 2. The summed E-state index contributed by atoms with van der Waals surface area (Å²) in [5, 5.41) is 3.32. The Labute approximate surface area is 185 Å². The number of carbonyl (C=O) groups is 1. The lowest BCUT2D eigenvalue weighted by atomic mass is 9.92. The molecule has 7 heteroatoms. The Hall–Kier alpha value is -2.38. The number of hydrogen-bond donors (Lipinski definition) is 2. The second kappa shape index (κ2) is 8.63. The van der Waals surface area contributed by atoms with Crippen LogP contribution >= 0.6 is 0 Å². The first-order chi connectivity index (χ1) is 14.8. The quantitative estimate of drug-likeness (QED) is 0.659. The molecule has 0 radical (unpaired) electrons. The number of aryl methyl sites for hydroxylation is 1. The lowest BCUT2D eigenvalue weighted by molar-refractivity contribution is -0.124. The molecule has 1 aliphatic carbocycles. The second-order valence-corrected chi connectivity index (χ2v) is 10.7. The summed E-state index contributed by atoms with van der Waals surface area (Å²) in [6.07, 6.45) is 5.09. The first-order valence-electron chi connectivity index (χ1n) is 10.9. The number of anilines is 1. The monoisotopic (exact) mass is 441 g/mol. The number of carbonyl (C=O) groups excluding carboxylic acids is 1. The third kappa shape index (κ3) is 5.10. The zero-order valence-electron chi connectivity index (χ0n) is 18.2. The van der Waals surface area contributed by atoms with E-state index in [1.807, 2.05) is 43.3 Å². The van der Waals surface area contributed by atoms with Crippen LogP contribution in [0, 0.1) is 6.92 Å². The third-order valence-corrected chi connectivity index (χ3v) is 7.01. The standard InChI is InChI=1S/C24H31N3O3S/c1-18-10-11-20(16-21(18)26-31(2,29)30)24(12-13-24)23(28)25-22(17-27-14-6-7-15-27)19-8-4-3-5-9-19/h3-5,8-11,16,22,26H,6-7,12-15,17H2,1-2H3,(H,25,28). The van der Waals surface area contributed by atoms with Crippen molar-refractivity contribution in [2.24, 2.45) is 0 Å². The van der Waals surface area contributed by atoms with Crippen LogP contribution in [0.2, 0.25) is 0 Å². The number of likely N-dealkylation sites (tertiary alicyclic amines) is 1. The van der Waals surface area contributed by atoms with Crippen molar-refractivity contribution in [2.45, 2.75) is 44.1 Å².